The fraction of sp³-hybridized carbons (Fsp3) is 0.118. The van der Waals surface area contributed by atoms with Crippen LogP contribution in [0.3, 0.4) is 0 Å². The maximum atomic E-state index is 12.8. The molecule has 126 valence electrons. The molecule has 0 unspecified atom stereocenters. The standard InChI is InChI=1S/C17H12ClF3O3/c1-24-15-9-10(5-7-12(15)17(19,20)21)6-8-14(22)11-3-2-4-13(18)16(11)23/h2-9,23H,1H3/b8-6+. The molecular weight excluding hydrogens is 345 g/mol. The molecule has 0 bridgehead atoms. The van der Waals surface area contributed by atoms with Crippen LogP contribution in [-0.4, -0.2) is 18.0 Å². The summed E-state index contributed by atoms with van der Waals surface area (Å²) < 4.78 is 43.1. The molecule has 0 aliphatic rings. The number of halogens is 4. The van der Waals surface area contributed by atoms with E-state index in [0.717, 1.165) is 19.3 Å². The molecule has 0 saturated carbocycles. The molecule has 2 aromatic rings. The monoisotopic (exact) mass is 356 g/mol. The Morgan fingerprint density at radius 2 is 1.96 bits per heavy atom. The lowest BCUT2D eigenvalue weighted by Gasteiger charge is -2.12. The number of carbonyl (C=O) groups excluding carboxylic acids is 1. The van der Waals surface area contributed by atoms with Crippen LogP contribution in [0.4, 0.5) is 13.2 Å². The van der Waals surface area contributed by atoms with E-state index in [-0.39, 0.29) is 22.1 Å². The third-order valence-corrected chi connectivity index (χ3v) is 3.52. The number of hydrogen-bond donors (Lipinski definition) is 1. The zero-order valence-electron chi connectivity index (χ0n) is 12.4. The van der Waals surface area contributed by atoms with Crippen LogP contribution in [0.1, 0.15) is 21.5 Å². The molecule has 0 heterocycles. The zero-order chi connectivity index (χ0) is 17.9. The Morgan fingerprint density at radius 3 is 2.58 bits per heavy atom. The van der Waals surface area contributed by atoms with Crippen LogP contribution in [0.25, 0.3) is 6.08 Å². The summed E-state index contributed by atoms with van der Waals surface area (Å²) in [5.41, 5.74) is -0.562. The van der Waals surface area contributed by atoms with E-state index < -0.39 is 17.5 Å². The van der Waals surface area contributed by atoms with E-state index in [9.17, 15) is 23.1 Å². The van der Waals surface area contributed by atoms with Crippen molar-refractivity contribution >= 4 is 23.5 Å². The van der Waals surface area contributed by atoms with Gasteiger partial charge in [-0.05, 0) is 35.9 Å². The van der Waals surface area contributed by atoms with Crippen molar-refractivity contribution in [3.05, 3.63) is 64.2 Å². The fourth-order valence-electron chi connectivity index (χ4n) is 2.02. The molecule has 0 spiro atoms. The summed E-state index contributed by atoms with van der Waals surface area (Å²) >= 11 is 5.73. The summed E-state index contributed by atoms with van der Waals surface area (Å²) in [6, 6.07) is 7.58. The van der Waals surface area contributed by atoms with E-state index in [1.807, 2.05) is 0 Å². The van der Waals surface area contributed by atoms with Gasteiger partial charge in [0, 0.05) is 0 Å². The van der Waals surface area contributed by atoms with Gasteiger partial charge in [-0.2, -0.15) is 13.2 Å². The summed E-state index contributed by atoms with van der Waals surface area (Å²) in [4.78, 5) is 12.1. The van der Waals surface area contributed by atoms with E-state index >= 15 is 0 Å². The van der Waals surface area contributed by atoms with E-state index in [1.165, 1.54) is 36.4 Å². The van der Waals surface area contributed by atoms with E-state index in [0.29, 0.717) is 5.56 Å². The maximum Gasteiger partial charge on any atom is 0.419 e. The number of alkyl halides is 3. The van der Waals surface area contributed by atoms with Crippen molar-refractivity contribution in [1.82, 2.24) is 0 Å². The van der Waals surface area contributed by atoms with Gasteiger partial charge in [0.2, 0.25) is 0 Å². The second-order valence-electron chi connectivity index (χ2n) is 4.79. The van der Waals surface area contributed by atoms with Crippen molar-refractivity contribution in [1.29, 1.82) is 0 Å². The highest BCUT2D eigenvalue weighted by molar-refractivity contribution is 6.32. The van der Waals surface area contributed by atoms with Gasteiger partial charge >= 0.3 is 6.18 Å². The minimum Gasteiger partial charge on any atom is -0.506 e. The molecule has 0 amide bonds. The normalized spacial score (nSPS) is 11.7. The van der Waals surface area contributed by atoms with E-state index in [4.69, 9.17) is 16.3 Å². The molecule has 0 saturated heterocycles. The molecule has 0 radical (unpaired) electrons. The van der Waals surface area contributed by atoms with E-state index in [1.54, 1.807) is 0 Å². The topological polar surface area (TPSA) is 46.5 Å². The zero-order valence-corrected chi connectivity index (χ0v) is 13.2. The first kappa shape index (κ1) is 17.9. The number of phenolic OH excluding ortho intramolecular Hbond substituents is 1. The Balaban J connectivity index is 2.29. The number of rotatable bonds is 4. The Labute approximate surface area is 140 Å². The molecule has 0 aromatic heterocycles. The number of phenols is 1. The molecular formula is C17H12ClF3O3. The average molecular weight is 357 g/mol. The predicted octanol–water partition coefficient (Wildman–Crippen LogP) is 4.97. The quantitative estimate of drug-likeness (QED) is 0.621. The third-order valence-electron chi connectivity index (χ3n) is 3.21. The summed E-state index contributed by atoms with van der Waals surface area (Å²) in [6.07, 6.45) is -2.07. The number of allylic oxidation sites excluding steroid dienone is 1. The smallest absolute Gasteiger partial charge is 0.419 e. The number of ether oxygens (including phenoxy) is 1. The molecule has 0 atom stereocenters. The van der Waals surface area contributed by atoms with Crippen LogP contribution in [0.2, 0.25) is 5.02 Å². The molecule has 24 heavy (non-hydrogen) atoms. The Bertz CT molecular complexity index is 798. The molecule has 0 fully saturated rings. The second kappa shape index (κ2) is 6.97. The Hall–Kier alpha value is -2.47. The molecule has 7 heteroatoms. The summed E-state index contributed by atoms with van der Waals surface area (Å²) in [5, 5.41) is 9.77. The number of para-hydroxylation sites is 1. The lowest BCUT2D eigenvalue weighted by molar-refractivity contribution is -0.138. The number of benzene rings is 2. The van der Waals surface area contributed by atoms with Gasteiger partial charge in [0.25, 0.3) is 0 Å². The lowest BCUT2D eigenvalue weighted by Crippen LogP contribution is -2.07. The number of aromatic hydroxyl groups is 1. The van der Waals surface area contributed by atoms with Crippen molar-refractivity contribution in [3.63, 3.8) is 0 Å². The van der Waals surface area contributed by atoms with E-state index in [2.05, 4.69) is 0 Å². The first-order valence-electron chi connectivity index (χ1n) is 6.69. The average Bonchev–Trinajstić information content (AvgIpc) is 2.54. The summed E-state index contributed by atoms with van der Waals surface area (Å²) in [6.45, 7) is 0. The second-order valence-corrected chi connectivity index (χ2v) is 5.20. The number of hydrogen-bond acceptors (Lipinski definition) is 3. The van der Waals surface area contributed by atoms with Crippen LogP contribution in [0, 0.1) is 0 Å². The van der Waals surface area contributed by atoms with Gasteiger partial charge in [0.15, 0.2) is 5.78 Å². The minimum atomic E-state index is -4.53. The number of ketones is 1. The van der Waals surface area contributed by atoms with Gasteiger partial charge in [-0.25, -0.2) is 0 Å². The van der Waals surface area contributed by atoms with Gasteiger partial charge in [-0.3, -0.25) is 4.79 Å². The first-order valence-corrected chi connectivity index (χ1v) is 7.07. The lowest BCUT2D eigenvalue weighted by atomic mass is 10.1. The number of carbonyl (C=O) groups is 1. The molecule has 2 aromatic carbocycles. The van der Waals surface area contributed by atoms with Crippen molar-refractivity contribution < 1.29 is 27.8 Å². The summed E-state index contributed by atoms with van der Waals surface area (Å²) in [5.74, 6) is -1.23. The van der Waals surface area contributed by atoms with Gasteiger partial charge in [-0.15, -0.1) is 0 Å². The molecule has 2 rings (SSSR count). The van der Waals surface area contributed by atoms with Crippen LogP contribution < -0.4 is 4.74 Å². The number of methoxy groups -OCH3 is 1. The van der Waals surface area contributed by atoms with Crippen molar-refractivity contribution in [3.8, 4) is 11.5 Å². The molecule has 3 nitrogen and oxygen atoms in total. The molecule has 0 aliphatic heterocycles. The van der Waals surface area contributed by atoms with Crippen LogP contribution in [0.15, 0.2) is 42.5 Å². The van der Waals surface area contributed by atoms with Crippen LogP contribution >= 0.6 is 11.6 Å². The van der Waals surface area contributed by atoms with Gasteiger partial charge in [0.05, 0.1) is 23.3 Å². The van der Waals surface area contributed by atoms with Gasteiger partial charge < -0.3 is 9.84 Å². The largest absolute Gasteiger partial charge is 0.506 e. The minimum absolute atomic E-state index is 0.00220. The SMILES string of the molecule is COc1cc(/C=C/C(=O)c2cccc(Cl)c2O)ccc1C(F)(F)F. The first-order chi connectivity index (χ1) is 11.2. The van der Waals surface area contributed by atoms with Crippen molar-refractivity contribution in [2.45, 2.75) is 6.18 Å². The van der Waals surface area contributed by atoms with Crippen molar-refractivity contribution in [2.75, 3.05) is 7.11 Å². The van der Waals surface area contributed by atoms with Crippen LogP contribution in [0.5, 0.6) is 11.5 Å². The highest BCUT2D eigenvalue weighted by atomic mass is 35.5. The van der Waals surface area contributed by atoms with Gasteiger partial charge in [-0.1, -0.05) is 29.8 Å². The van der Waals surface area contributed by atoms with Crippen LogP contribution in [-0.2, 0) is 6.18 Å². The highest BCUT2D eigenvalue weighted by Crippen LogP contribution is 2.36. The van der Waals surface area contributed by atoms with Crippen molar-refractivity contribution in [2.24, 2.45) is 0 Å². The van der Waals surface area contributed by atoms with Gasteiger partial charge in [0.1, 0.15) is 11.5 Å². The Kier molecular flexibility index (Phi) is 5.19. The Morgan fingerprint density at radius 1 is 1.25 bits per heavy atom. The maximum absolute atomic E-state index is 12.8. The third kappa shape index (κ3) is 3.89. The highest BCUT2D eigenvalue weighted by Gasteiger charge is 2.34. The molecule has 1 N–H and O–H groups in total. The fourth-order valence-corrected chi connectivity index (χ4v) is 2.20. The summed E-state index contributed by atoms with van der Waals surface area (Å²) in [7, 11) is 1.13. The predicted molar refractivity (Wildman–Crippen MR) is 84.5 cm³/mol. The molecule has 0 aliphatic carbocycles.